The highest BCUT2D eigenvalue weighted by Crippen LogP contribution is 2.17. The van der Waals surface area contributed by atoms with E-state index in [1.165, 1.54) is 6.92 Å². The first-order valence-corrected chi connectivity index (χ1v) is 6.98. The van der Waals surface area contributed by atoms with Crippen LogP contribution in [0.4, 0.5) is 5.95 Å². The summed E-state index contributed by atoms with van der Waals surface area (Å²) < 4.78 is 0. The number of hydrogen-bond acceptors (Lipinski definition) is 5. The van der Waals surface area contributed by atoms with Crippen molar-refractivity contribution in [2.75, 3.05) is 31.6 Å². The van der Waals surface area contributed by atoms with Gasteiger partial charge in [-0.2, -0.15) is 0 Å². The Kier molecular flexibility index (Phi) is 4.40. The van der Waals surface area contributed by atoms with E-state index in [0.29, 0.717) is 25.6 Å². The van der Waals surface area contributed by atoms with Gasteiger partial charge in [-0.25, -0.2) is 9.97 Å². The number of nitrogens with zero attached hydrogens (tertiary/aromatic N) is 4. The summed E-state index contributed by atoms with van der Waals surface area (Å²) in [4.78, 5) is 36.1. The van der Waals surface area contributed by atoms with Crippen LogP contribution >= 0.6 is 0 Å². The number of aromatic nitrogens is 2. The SMILES string of the molecule is CNC(=O)C1CN(c2nc(C)cc(C)n2)CCN1C(C)=O. The first-order valence-electron chi connectivity index (χ1n) is 6.98. The summed E-state index contributed by atoms with van der Waals surface area (Å²) >= 11 is 0. The normalized spacial score (nSPS) is 18.6. The predicted octanol–water partition coefficient (Wildman–Crippen LogP) is -0.123. The van der Waals surface area contributed by atoms with Crippen molar-refractivity contribution in [3.8, 4) is 0 Å². The van der Waals surface area contributed by atoms with E-state index in [1.54, 1.807) is 11.9 Å². The van der Waals surface area contributed by atoms with Gasteiger partial charge in [0.15, 0.2) is 0 Å². The lowest BCUT2D eigenvalue weighted by Gasteiger charge is -2.40. The lowest BCUT2D eigenvalue weighted by molar-refractivity contribution is -0.139. The molecule has 7 heteroatoms. The molecule has 2 rings (SSSR count). The van der Waals surface area contributed by atoms with Crippen LogP contribution in [0.25, 0.3) is 0 Å². The number of nitrogens with one attached hydrogen (secondary N) is 1. The Labute approximate surface area is 124 Å². The van der Waals surface area contributed by atoms with E-state index in [1.807, 2.05) is 24.8 Å². The van der Waals surface area contributed by atoms with Crippen LogP contribution in [0.15, 0.2) is 6.07 Å². The molecule has 114 valence electrons. The van der Waals surface area contributed by atoms with Crippen LogP contribution in [0.5, 0.6) is 0 Å². The molecule has 1 aromatic heterocycles. The van der Waals surface area contributed by atoms with Crippen molar-refractivity contribution in [3.63, 3.8) is 0 Å². The second kappa shape index (κ2) is 6.07. The average Bonchev–Trinajstić information content (AvgIpc) is 2.44. The molecule has 0 saturated carbocycles. The fourth-order valence-corrected chi connectivity index (χ4v) is 2.58. The van der Waals surface area contributed by atoms with Crippen LogP contribution in [0.1, 0.15) is 18.3 Å². The second-order valence-corrected chi connectivity index (χ2v) is 5.24. The topological polar surface area (TPSA) is 78.4 Å². The molecular formula is C14H21N5O2. The number of hydrogen-bond donors (Lipinski definition) is 1. The number of aryl methyl sites for hydroxylation is 2. The minimum atomic E-state index is -0.509. The fraction of sp³-hybridized carbons (Fsp3) is 0.571. The van der Waals surface area contributed by atoms with Gasteiger partial charge in [0, 0.05) is 38.4 Å². The van der Waals surface area contributed by atoms with Gasteiger partial charge < -0.3 is 15.1 Å². The Morgan fingerprint density at radius 1 is 1.24 bits per heavy atom. The van der Waals surface area contributed by atoms with Crippen LogP contribution in [-0.4, -0.2) is 59.4 Å². The maximum absolute atomic E-state index is 12.0. The third-order valence-corrected chi connectivity index (χ3v) is 3.59. The monoisotopic (exact) mass is 291 g/mol. The van der Waals surface area contributed by atoms with Crippen molar-refractivity contribution in [2.24, 2.45) is 0 Å². The van der Waals surface area contributed by atoms with Gasteiger partial charge in [0.2, 0.25) is 17.8 Å². The van der Waals surface area contributed by atoms with Crippen LogP contribution in [0.3, 0.4) is 0 Å². The Bertz CT molecular complexity index is 540. The van der Waals surface area contributed by atoms with Crippen molar-refractivity contribution in [3.05, 3.63) is 17.5 Å². The van der Waals surface area contributed by atoms with Gasteiger partial charge in [-0.3, -0.25) is 9.59 Å². The molecule has 1 unspecified atom stereocenters. The summed E-state index contributed by atoms with van der Waals surface area (Å²) in [7, 11) is 1.58. The summed E-state index contributed by atoms with van der Waals surface area (Å²) in [6.07, 6.45) is 0. The van der Waals surface area contributed by atoms with Crippen molar-refractivity contribution >= 4 is 17.8 Å². The number of likely N-dealkylation sites (N-methyl/N-ethyl adjacent to an activating group) is 1. The van der Waals surface area contributed by atoms with E-state index in [9.17, 15) is 9.59 Å². The summed E-state index contributed by atoms with van der Waals surface area (Å²) in [6.45, 7) is 6.83. The van der Waals surface area contributed by atoms with Gasteiger partial charge >= 0.3 is 0 Å². The summed E-state index contributed by atoms with van der Waals surface area (Å²) in [5, 5.41) is 2.61. The van der Waals surface area contributed by atoms with Crippen LogP contribution in [-0.2, 0) is 9.59 Å². The summed E-state index contributed by atoms with van der Waals surface area (Å²) in [5.41, 5.74) is 1.78. The Morgan fingerprint density at radius 3 is 2.38 bits per heavy atom. The lowest BCUT2D eigenvalue weighted by Crippen LogP contribution is -2.60. The zero-order valence-corrected chi connectivity index (χ0v) is 12.9. The summed E-state index contributed by atoms with van der Waals surface area (Å²) in [6, 6.07) is 1.40. The molecule has 7 nitrogen and oxygen atoms in total. The molecular weight excluding hydrogens is 270 g/mol. The lowest BCUT2D eigenvalue weighted by atomic mass is 10.1. The average molecular weight is 291 g/mol. The highest BCUT2D eigenvalue weighted by molar-refractivity contribution is 5.87. The number of piperazine rings is 1. The predicted molar refractivity (Wildman–Crippen MR) is 79.0 cm³/mol. The molecule has 0 bridgehead atoms. The van der Waals surface area contributed by atoms with Crippen molar-refractivity contribution in [2.45, 2.75) is 26.8 Å². The molecule has 1 fully saturated rings. The fourth-order valence-electron chi connectivity index (χ4n) is 2.58. The molecule has 0 spiro atoms. The molecule has 1 saturated heterocycles. The van der Waals surface area contributed by atoms with Gasteiger partial charge in [-0.1, -0.05) is 0 Å². The quantitative estimate of drug-likeness (QED) is 0.821. The van der Waals surface area contributed by atoms with Crippen LogP contribution < -0.4 is 10.2 Å². The third-order valence-electron chi connectivity index (χ3n) is 3.59. The highest BCUT2D eigenvalue weighted by Gasteiger charge is 2.34. The van der Waals surface area contributed by atoms with Gasteiger partial charge in [0.05, 0.1) is 6.54 Å². The molecule has 1 atom stereocenters. The van der Waals surface area contributed by atoms with E-state index in [4.69, 9.17) is 0 Å². The maximum Gasteiger partial charge on any atom is 0.244 e. The van der Waals surface area contributed by atoms with E-state index < -0.39 is 6.04 Å². The van der Waals surface area contributed by atoms with Gasteiger partial charge in [-0.15, -0.1) is 0 Å². The Balaban J connectivity index is 2.24. The van der Waals surface area contributed by atoms with Crippen molar-refractivity contribution < 1.29 is 9.59 Å². The van der Waals surface area contributed by atoms with Crippen LogP contribution in [0.2, 0.25) is 0 Å². The molecule has 0 aliphatic carbocycles. The van der Waals surface area contributed by atoms with E-state index in [2.05, 4.69) is 15.3 Å². The van der Waals surface area contributed by atoms with Gasteiger partial charge in [0.25, 0.3) is 0 Å². The minimum absolute atomic E-state index is 0.0930. The molecule has 1 aliphatic heterocycles. The first-order chi connectivity index (χ1) is 9.92. The number of rotatable bonds is 2. The molecule has 1 aliphatic rings. The minimum Gasteiger partial charge on any atom is -0.357 e. The molecule has 0 aromatic carbocycles. The Morgan fingerprint density at radius 2 is 1.86 bits per heavy atom. The summed E-state index contributed by atoms with van der Waals surface area (Å²) in [5.74, 6) is 0.355. The maximum atomic E-state index is 12.0. The zero-order chi connectivity index (χ0) is 15.6. The third kappa shape index (κ3) is 3.29. The molecule has 2 amide bonds. The zero-order valence-electron chi connectivity index (χ0n) is 12.9. The van der Waals surface area contributed by atoms with Gasteiger partial charge in [0.1, 0.15) is 6.04 Å². The smallest absolute Gasteiger partial charge is 0.244 e. The van der Waals surface area contributed by atoms with E-state index in [-0.39, 0.29) is 11.8 Å². The standard InChI is InChI=1S/C14H21N5O2/c1-9-7-10(2)17-14(16-9)18-5-6-19(11(3)20)12(8-18)13(21)15-4/h7,12H,5-6,8H2,1-4H3,(H,15,21). The van der Waals surface area contributed by atoms with Crippen LogP contribution in [0, 0.1) is 13.8 Å². The molecule has 21 heavy (non-hydrogen) atoms. The van der Waals surface area contributed by atoms with E-state index >= 15 is 0 Å². The Hall–Kier alpha value is -2.18. The highest BCUT2D eigenvalue weighted by atomic mass is 16.2. The number of carbonyl (C=O) groups excluding carboxylic acids is 2. The van der Waals surface area contributed by atoms with Gasteiger partial charge in [-0.05, 0) is 19.9 Å². The molecule has 1 N–H and O–H groups in total. The molecule has 0 radical (unpaired) electrons. The first kappa shape index (κ1) is 15.2. The van der Waals surface area contributed by atoms with Crippen molar-refractivity contribution in [1.82, 2.24) is 20.2 Å². The van der Waals surface area contributed by atoms with E-state index in [0.717, 1.165) is 11.4 Å². The number of amides is 2. The molecule has 2 heterocycles. The van der Waals surface area contributed by atoms with Crippen molar-refractivity contribution in [1.29, 1.82) is 0 Å². The largest absolute Gasteiger partial charge is 0.357 e. The second-order valence-electron chi connectivity index (χ2n) is 5.24. The number of carbonyl (C=O) groups is 2. The molecule has 1 aromatic rings. The number of anilines is 1.